The van der Waals surface area contributed by atoms with E-state index in [1.165, 1.54) is 12.1 Å². The molecule has 0 aliphatic rings. The molecule has 0 spiro atoms. The Hall–Kier alpha value is -1.53. The van der Waals surface area contributed by atoms with E-state index in [1.807, 2.05) is 0 Å². The van der Waals surface area contributed by atoms with Crippen molar-refractivity contribution < 1.29 is 18.0 Å². The molecule has 0 heterocycles. The first kappa shape index (κ1) is 14.9. The summed E-state index contributed by atoms with van der Waals surface area (Å²) in [5.74, 6) is -5.48. The fraction of sp³-hybridized carbons (Fsp3) is 0. The van der Waals surface area contributed by atoms with Crippen LogP contribution < -0.4 is 5.32 Å². The van der Waals surface area contributed by atoms with Crippen LogP contribution in [0.15, 0.2) is 34.8 Å². The Balaban J connectivity index is 2.28. The summed E-state index contributed by atoms with van der Waals surface area (Å²) < 4.78 is 39.9. The average molecular weight is 365 g/mol. The zero-order valence-corrected chi connectivity index (χ0v) is 12.0. The third-order valence-corrected chi connectivity index (χ3v) is 3.69. The van der Waals surface area contributed by atoms with E-state index in [2.05, 4.69) is 21.2 Å². The molecule has 0 unspecified atom stereocenters. The van der Waals surface area contributed by atoms with Crippen molar-refractivity contribution in [3.05, 3.63) is 62.8 Å². The van der Waals surface area contributed by atoms with Crippen LogP contribution in [0.1, 0.15) is 10.4 Å². The summed E-state index contributed by atoms with van der Waals surface area (Å²) in [6.07, 6.45) is 0. The second-order valence-electron chi connectivity index (χ2n) is 3.81. The summed E-state index contributed by atoms with van der Waals surface area (Å²) in [4.78, 5) is 11.8. The van der Waals surface area contributed by atoms with Crippen LogP contribution in [0.4, 0.5) is 18.9 Å². The van der Waals surface area contributed by atoms with Gasteiger partial charge in [-0.05, 0) is 46.3 Å². The first-order chi connectivity index (χ1) is 9.40. The second kappa shape index (κ2) is 5.85. The Morgan fingerprint density at radius 2 is 1.80 bits per heavy atom. The topological polar surface area (TPSA) is 29.1 Å². The fourth-order valence-corrected chi connectivity index (χ4v) is 1.90. The van der Waals surface area contributed by atoms with Crippen LogP contribution in [0.3, 0.4) is 0 Å². The molecule has 7 heteroatoms. The maximum atomic E-state index is 13.4. The molecule has 2 rings (SSSR count). The molecule has 20 heavy (non-hydrogen) atoms. The number of hydrogen-bond acceptors (Lipinski definition) is 1. The van der Waals surface area contributed by atoms with E-state index >= 15 is 0 Å². The van der Waals surface area contributed by atoms with Crippen molar-refractivity contribution in [2.45, 2.75) is 0 Å². The van der Waals surface area contributed by atoms with Gasteiger partial charge in [0.25, 0.3) is 5.91 Å². The van der Waals surface area contributed by atoms with Crippen molar-refractivity contribution in [2.24, 2.45) is 0 Å². The van der Waals surface area contributed by atoms with Crippen LogP contribution in [0.2, 0.25) is 5.02 Å². The van der Waals surface area contributed by atoms with Crippen molar-refractivity contribution in [1.29, 1.82) is 0 Å². The predicted octanol–water partition coefficient (Wildman–Crippen LogP) is 4.77. The maximum Gasteiger partial charge on any atom is 0.258 e. The van der Waals surface area contributed by atoms with Gasteiger partial charge < -0.3 is 5.32 Å². The number of halogens is 5. The molecular formula is C13H6BrClF3NO. The molecule has 0 saturated heterocycles. The molecule has 0 aromatic heterocycles. The van der Waals surface area contributed by atoms with E-state index < -0.39 is 28.9 Å². The Morgan fingerprint density at radius 1 is 1.10 bits per heavy atom. The van der Waals surface area contributed by atoms with Crippen molar-refractivity contribution in [2.75, 3.05) is 5.32 Å². The van der Waals surface area contributed by atoms with Gasteiger partial charge in [0.05, 0.1) is 10.6 Å². The quantitative estimate of drug-likeness (QED) is 0.764. The summed E-state index contributed by atoms with van der Waals surface area (Å²) in [5, 5.41) is 2.68. The van der Waals surface area contributed by atoms with Crippen molar-refractivity contribution >= 4 is 39.1 Å². The highest BCUT2D eigenvalue weighted by molar-refractivity contribution is 9.10. The van der Waals surface area contributed by atoms with E-state index in [1.54, 1.807) is 6.07 Å². The Morgan fingerprint density at radius 3 is 2.45 bits per heavy atom. The van der Waals surface area contributed by atoms with Gasteiger partial charge in [0.2, 0.25) is 0 Å². The van der Waals surface area contributed by atoms with Crippen LogP contribution >= 0.6 is 27.5 Å². The summed E-state index contributed by atoms with van der Waals surface area (Å²) >= 11 is 9.01. The standard InChI is InChI=1S/C13H6BrClF3NO/c14-8-3-1-6(5-9(8)15)19-13(20)7-2-4-10(16)12(18)11(7)17/h1-5H,(H,19,20). The highest BCUT2D eigenvalue weighted by Gasteiger charge is 2.18. The first-order valence-electron chi connectivity index (χ1n) is 5.30. The first-order valence-corrected chi connectivity index (χ1v) is 6.47. The van der Waals surface area contributed by atoms with Crippen molar-refractivity contribution in [1.82, 2.24) is 0 Å². The smallest absolute Gasteiger partial charge is 0.258 e. The molecule has 1 N–H and O–H groups in total. The number of amides is 1. The molecule has 0 aliphatic heterocycles. The van der Waals surface area contributed by atoms with Gasteiger partial charge in [-0.25, -0.2) is 13.2 Å². The van der Waals surface area contributed by atoms with Gasteiger partial charge in [0.15, 0.2) is 17.5 Å². The van der Waals surface area contributed by atoms with Crippen molar-refractivity contribution in [3.63, 3.8) is 0 Å². The lowest BCUT2D eigenvalue weighted by atomic mass is 10.1. The normalized spacial score (nSPS) is 10.4. The lowest BCUT2D eigenvalue weighted by Gasteiger charge is -2.08. The van der Waals surface area contributed by atoms with Gasteiger partial charge >= 0.3 is 0 Å². The van der Waals surface area contributed by atoms with Gasteiger partial charge in [-0.1, -0.05) is 11.6 Å². The molecule has 0 aliphatic carbocycles. The highest BCUT2D eigenvalue weighted by Crippen LogP contribution is 2.26. The molecule has 0 atom stereocenters. The molecule has 1 amide bonds. The van der Waals surface area contributed by atoms with Crippen LogP contribution in [0.5, 0.6) is 0 Å². The second-order valence-corrected chi connectivity index (χ2v) is 5.07. The maximum absolute atomic E-state index is 13.4. The molecule has 2 aromatic carbocycles. The number of anilines is 1. The van der Waals surface area contributed by atoms with Gasteiger partial charge in [0.1, 0.15) is 0 Å². The highest BCUT2D eigenvalue weighted by atomic mass is 79.9. The number of rotatable bonds is 2. The SMILES string of the molecule is O=C(Nc1ccc(Br)c(Cl)c1)c1ccc(F)c(F)c1F. The predicted molar refractivity (Wildman–Crippen MR) is 73.4 cm³/mol. The molecule has 0 saturated carbocycles. The number of nitrogens with one attached hydrogen (secondary N) is 1. The largest absolute Gasteiger partial charge is 0.322 e. The number of hydrogen-bond donors (Lipinski definition) is 1. The third kappa shape index (κ3) is 2.96. The number of carbonyl (C=O) groups is 1. The summed E-state index contributed by atoms with van der Waals surface area (Å²) in [5.41, 5.74) is -0.296. The minimum absolute atomic E-state index is 0.298. The molecule has 0 radical (unpaired) electrons. The van der Waals surface area contributed by atoms with E-state index in [0.717, 1.165) is 6.07 Å². The number of carbonyl (C=O) groups excluding carboxylic acids is 1. The molecular weight excluding hydrogens is 358 g/mol. The Kier molecular flexibility index (Phi) is 4.35. The van der Waals surface area contributed by atoms with Gasteiger partial charge in [-0.2, -0.15) is 0 Å². The molecule has 104 valence electrons. The third-order valence-electron chi connectivity index (χ3n) is 2.46. The summed E-state index contributed by atoms with van der Waals surface area (Å²) in [7, 11) is 0. The summed E-state index contributed by atoms with van der Waals surface area (Å²) in [6, 6.07) is 6.08. The molecule has 2 aromatic rings. The van der Waals surface area contributed by atoms with E-state index in [4.69, 9.17) is 11.6 Å². The monoisotopic (exact) mass is 363 g/mol. The van der Waals surface area contributed by atoms with E-state index in [-0.39, 0.29) is 0 Å². The van der Waals surface area contributed by atoms with Gasteiger partial charge in [-0.3, -0.25) is 4.79 Å². The lowest BCUT2D eigenvalue weighted by molar-refractivity contribution is 0.102. The summed E-state index contributed by atoms with van der Waals surface area (Å²) in [6.45, 7) is 0. The van der Waals surface area contributed by atoms with Crippen LogP contribution in [0, 0.1) is 17.5 Å². The van der Waals surface area contributed by atoms with Crippen LogP contribution in [-0.2, 0) is 0 Å². The van der Waals surface area contributed by atoms with E-state index in [0.29, 0.717) is 21.2 Å². The minimum Gasteiger partial charge on any atom is -0.322 e. The average Bonchev–Trinajstić information content (AvgIpc) is 2.40. The van der Waals surface area contributed by atoms with E-state index in [9.17, 15) is 18.0 Å². The van der Waals surface area contributed by atoms with Crippen LogP contribution in [0.25, 0.3) is 0 Å². The Bertz CT molecular complexity index is 694. The molecule has 0 bridgehead atoms. The lowest BCUT2D eigenvalue weighted by Crippen LogP contribution is -2.15. The Labute approximate surface area is 125 Å². The molecule has 2 nitrogen and oxygen atoms in total. The minimum atomic E-state index is -1.69. The molecule has 0 fully saturated rings. The number of benzene rings is 2. The zero-order valence-electron chi connectivity index (χ0n) is 9.68. The van der Waals surface area contributed by atoms with Gasteiger partial charge in [0, 0.05) is 10.2 Å². The fourth-order valence-electron chi connectivity index (χ4n) is 1.47. The zero-order chi connectivity index (χ0) is 14.9. The van der Waals surface area contributed by atoms with Crippen molar-refractivity contribution in [3.8, 4) is 0 Å². The van der Waals surface area contributed by atoms with Crippen LogP contribution in [-0.4, -0.2) is 5.91 Å². The van der Waals surface area contributed by atoms with Gasteiger partial charge in [-0.15, -0.1) is 0 Å².